The number of Topliss-reactive ketones (excluding diaryl/α,β-unsaturated/α-hetero) is 1. The van der Waals surface area contributed by atoms with Crippen LogP contribution in [-0.4, -0.2) is 11.6 Å². The average molecular weight is 300 g/mol. The van der Waals surface area contributed by atoms with Crippen LogP contribution in [0.25, 0.3) is 0 Å². The first-order valence-electron chi connectivity index (χ1n) is 9.08. The van der Waals surface area contributed by atoms with E-state index in [4.69, 9.17) is 0 Å². The van der Waals surface area contributed by atoms with E-state index >= 15 is 0 Å². The van der Waals surface area contributed by atoms with Crippen molar-refractivity contribution in [2.75, 3.05) is 0 Å². The number of carbonyl (C=O) groups excluding carboxylic acids is 2. The molecule has 0 radical (unpaired) electrons. The Hall–Kier alpha value is -0.920. The van der Waals surface area contributed by atoms with Crippen LogP contribution in [-0.2, 0) is 9.59 Å². The summed E-state index contributed by atoms with van der Waals surface area (Å²) in [7, 11) is 0. The van der Waals surface area contributed by atoms with Gasteiger partial charge in [-0.25, -0.2) is 0 Å². The van der Waals surface area contributed by atoms with Crippen LogP contribution in [0, 0.1) is 28.1 Å². The Balaban J connectivity index is 1.76. The second kappa shape index (κ2) is 4.33. The highest BCUT2D eigenvalue weighted by Crippen LogP contribution is 2.69. The molecular formula is C20H28O2. The van der Waals surface area contributed by atoms with Crippen molar-refractivity contribution >= 4 is 11.6 Å². The van der Waals surface area contributed by atoms with E-state index in [-0.39, 0.29) is 16.2 Å². The van der Waals surface area contributed by atoms with Gasteiger partial charge in [-0.1, -0.05) is 26.3 Å². The molecule has 0 aromatic carbocycles. The molecule has 3 fully saturated rings. The summed E-state index contributed by atoms with van der Waals surface area (Å²) < 4.78 is 0. The number of rotatable bonds is 0. The number of fused-ring (bicyclic) bond motifs is 5. The molecule has 0 aliphatic heterocycles. The van der Waals surface area contributed by atoms with Crippen molar-refractivity contribution in [2.45, 2.75) is 72.1 Å². The fourth-order valence-electron chi connectivity index (χ4n) is 6.70. The number of ketones is 2. The summed E-state index contributed by atoms with van der Waals surface area (Å²) in [5.41, 5.74) is 1.73. The standard InChI is InChI=1S/C20H28O2/c1-18-9-6-14(21)12-13(18)4-5-16-15(18)7-10-20(3)17(22)8-11-19(16,20)2/h12,15-16H,4-11H2,1-3H3/t15-,16+,18-,19+,20+/m0/s1. The molecule has 0 aromatic heterocycles. The van der Waals surface area contributed by atoms with Gasteiger partial charge in [-0.2, -0.15) is 0 Å². The molecular weight excluding hydrogens is 272 g/mol. The van der Waals surface area contributed by atoms with Gasteiger partial charge in [-0.3, -0.25) is 9.59 Å². The van der Waals surface area contributed by atoms with E-state index in [1.807, 2.05) is 6.08 Å². The van der Waals surface area contributed by atoms with Gasteiger partial charge in [0.25, 0.3) is 0 Å². The van der Waals surface area contributed by atoms with Crippen molar-refractivity contribution in [1.82, 2.24) is 0 Å². The zero-order valence-electron chi connectivity index (χ0n) is 14.2. The molecule has 22 heavy (non-hydrogen) atoms. The smallest absolute Gasteiger partial charge is 0.155 e. The van der Waals surface area contributed by atoms with Crippen LogP contribution < -0.4 is 0 Å². The molecule has 120 valence electrons. The molecule has 4 aliphatic rings. The first-order valence-corrected chi connectivity index (χ1v) is 9.08. The van der Waals surface area contributed by atoms with Crippen LogP contribution in [0.15, 0.2) is 11.6 Å². The maximum atomic E-state index is 12.6. The number of carbonyl (C=O) groups is 2. The minimum absolute atomic E-state index is 0.0871. The van der Waals surface area contributed by atoms with Gasteiger partial charge in [0.05, 0.1) is 0 Å². The van der Waals surface area contributed by atoms with Gasteiger partial charge in [0, 0.05) is 18.3 Å². The Morgan fingerprint density at radius 2 is 1.68 bits per heavy atom. The molecule has 0 spiro atoms. The third-order valence-corrected chi connectivity index (χ3v) is 8.51. The second-order valence-corrected chi connectivity index (χ2v) is 9.02. The normalized spacial score (nSPS) is 51.0. The Kier molecular flexibility index (Phi) is 2.89. The van der Waals surface area contributed by atoms with Crippen LogP contribution in [0.3, 0.4) is 0 Å². The largest absolute Gasteiger partial charge is 0.299 e. The molecule has 4 rings (SSSR count). The highest BCUT2D eigenvalue weighted by atomic mass is 16.1. The first-order chi connectivity index (χ1) is 10.3. The Morgan fingerprint density at radius 3 is 2.45 bits per heavy atom. The maximum Gasteiger partial charge on any atom is 0.155 e. The quantitative estimate of drug-likeness (QED) is 0.661. The van der Waals surface area contributed by atoms with Crippen molar-refractivity contribution in [3.8, 4) is 0 Å². The van der Waals surface area contributed by atoms with Gasteiger partial charge in [-0.05, 0) is 67.3 Å². The Labute approximate surface area is 133 Å². The average Bonchev–Trinajstić information content (AvgIpc) is 2.72. The highest BCUT2D eigenvalue weighted by Gasteiger charge is 2.64. The van der Waals surface area contributed by atoms with Crippen LogP contribution >= 0.6 is 0 Å². The molecule has 5 atom stereocenters. The summed E-state index contributed by atoms with van der Waals surface area (Å²) in [5.74, 6) is 2.17. The van der Waals surface area contributed by atoms with Gasteiger partial charge in [0.2, 0.25) is 0 Å². The molecule has 3 saturated carbocycles. The van der Waals surface area contributed by atoms with E-state index in [0.29, 0.717) is 23.4 Å². The highest BCUT2D eigenvalue weighted by molar-refractivity contribution is 5.91. The summed E-state index contributed by atoms with van der Waals surface area (Å²) in [4.78, 5) is 24.4. The van der Waals surface area contributed by atoms with Crippen molar-refractivity contribution < 1.29 is 9.59 Å². The lowest BCUT2D eigenvalue weighted by Crippen LogP contribution is -2.55. The molecule has 2 heteroatoms. The predicted octanol–water partition coefficient (Wildman–Crippen LogP) is 4.48. The minimum Gasteiger partial charge on any atom is -0.299 e. The monoisotopic (exact) mass is 300 g/mol. The zero-order chi connectivity index (χ0) is 15.8. The Bertz CT molecular complexity index is 589. The fourth-order valence-corrected chi connectivity index (χ4v) is 6.70. The van der Waals surface area contributed by atoms with Crippen molar-refractivity contribution in [2.24, 2.45) is 28.1 Å². The molecule has 0 amide bonds. The van der Waals surface area contributed by atoms with Gasteiger partial charge in [0.15, 0.2) is 5.78 Å². The van der Waals surface area contributed by atoms with E-state index in [2.05, 4.69) is 20.8 Å². The zero-order valence-corrected chi connectivity index (χ0v) is 14.2. The molecule has 0 saturated heterocycles. The molecule has 4 aliphatic carbocycles. The van der Waals surface area contributed by atoms with Gasteiger partial charge < -0.3 is 0 Å². The SMILES string of the molecule is C[C@]12CCC(=O)C=C1CC[C@@H]1[C@@H]2CC[C@]2(C)C(=O)CC[C@]12C. The summed E-state index contributed by atoms with van der Waals surface area (Å²) in [6.07, 6.45) is 10.1. The van der Waals surface area contributed by atoms with E-state index in [0.717, 1.165) is 38.5 Å². The van der Waals surface area contributed by atoms with Crippen LogP contribution in [0.4, 0.5) is 0 Å². The topological polar surface area (TPSA) is 34.1 Å². The lowest BCUT2D eigenvalue weighted by atomic mass is 9.43. The third kappa shape index (κ3) is 1.57. The Morgan fingerprint density at radius 1 is 0.909 bits per heavy atom. The maximum absolute atomic E-state index is 12.6. The van der Waals surface area contributed by atoms with Crippen molar-refractivity contribution in [3.63, 3.8) is 0 Å². The molecule has 0 aromatic rings. The third-order valence-electron chi connectivity index (χ3n) is 8.51. The van der Waals surface area contributed by atoms with E-state index in [1.165, 1.54) is 18.4 Å². The number of hydrogen-bond donors (Lipinski definition) is 0. The fraction of sp³-hybridized carbons (Fsp3) is 0.800. The van der Waals surface area contributed by atoms with E-state index in [1.54, 1.807) is 0 Å². The number of allylic oxidation sites excluding steroid dienone is 1. The molecule has 0 bridgehead atoms. The lowest BCUT2D eigenvalue weighted by Gasteiger charge is -2.61. The van der Waals surface area contributed by atoms with Crippen molar-refractivity contribution in [3.05, 3.63) is 11.6 Å². The summed E-state index contributed by atoms with van der Waals surface area (Å²) in [5, 5.41) is 0. The van der Waals surface area contributed by atoms with Crippen LogP contribution in [0.1, 0.15) is 72.1 Å². The van der Waals surface area contributed by atoms with Gasteiger partial charge in [0.1, 0.15) is 5.78 Å². The van der Waals surface area contributed by atoms with Crippen molar-refractivity contribution in [1.29, 1.82) is 0 Å². The summed E-state index contributed by atoms with van der Waals surface area (Å²) in [6, 6.07) is 0. The predicted molar refractivity (Wildman–Crippen MR) is 86.3 cm³/mol. The minimum atomic E-state index is -0.0871. The van der Waals surface area contributed by atoms with Crippen LogP contribution in [0.2, 0.25) is 0 Å². The summed E-state index contributed by atoms with van der Waals surface area (Å²) >= 11 is 0. The molecule has 0 N–H and O–H groups in total. The van der Waals surface area contributed by atoms with E-state index in [9.17, 15) is 9.59 Å². The second-order valence-electron chi connectivity index (χ2n) is 9.02. The van der Waals surface area contributed by atoms with E-state index < -0.39 is 0 Å². The lowest BCUT2D eigenvalue weighted by molar-refractivity contribution is -0.143. The van der Waals surface area contributed by atoms with Crippen LogP contribution in [0.5, 0.6) is 0 Å². The van der Waals surface area contributed by atoms with Gasteiger partial charge >= 0.3 is 0 Å². The number of hydrogen-bond acceptors (Lipinski definition) is 2. The molecule has 0 unspecified atom stereocenters. The molecule has 2 nitrogen and oxygen atoms in total. The summed E-state index contributed by atoms with van der Waals surface area (Å²) in [6.45, 7) is 7.06. The van der Waals surface area contributed by atoms with Gasteiger partial charge in [-0.15, -0.1) is 0 Å². The molecule has 0 heterocycles. The first kappa shape index (κ1) is 14.7.